The lowest BCUT2D eigenvalue weighted by atomic mass is 9.95. The Labute approximate surface area is 125 Å². The van der Waals surface area contributed by atoms with E-state index >= 15 is 0 Å². The van der Waals surface area contributed by atoms with Gasteiger partial charge in [0.05, 0.1) is 4.90 Å². The zero-order chi connectivity index (χ0) is 15.8. The van der Waals surface area contributed by atoms with Crippen LogP contribution >= 0.6 is 0 Å². The first-order chi connectivity index (χ1) is 9.73. The van der Waals surface area contributed by atoms with Gasteiger partial charge in [0, 0.05) is 25.9 Å². The predicted molar refractivity (Wildman–Crippen MR) is 78.1 cm³/mol. The molecule has 1 fully saturated rings. The van der Waals surface area contributed by atoms with Crippen molar-refractivity contribution in [1.82, 2.24) is 4.31 Å². The number of Topliss-reactive ketones (excluding diaryl/α,β-unsaturated/α-hetero) is 1. The topological polar surface area (TPSA) is 54.5 Å². The van der Waals surface area contributed by atoms with Gasteiger partial charge in [-0.15, -0.1) is 0 Å². The number of halogens is 1. The number of benzene rings is 1. The van der Waals surface area contributed by atoms with Crippen molar-refractivity contribution in [3.8, 4) is 0 Å². The molecule has 116 valence electrons. The number of nitrogens with zero attached hydrogens (tertiary/aromatic N) is 1. The van der Waals surface area contributed by atoms with E-state index in [0.717, 1.165) is 0 Å². The molecule has 0 saturated heterocycles. The summed E-state index contributed by atoms with van der Waals surface area (Å²) < 4.78 is 40.3. The van der Waals surface area contributed by atoms with Crippen molar-refractivity contribution in [3.05, 3.63) is 29.1 Å². The highest BCUT2D eigenvalue weighted by Gasteiger charge is 2.32. The number of rotatable bonds is 3. The zero-order valence-electron chi connectivity index (χ0n) is 12.5. The van der Waals surface area contributed by atoms with E-state index in [1.165, 1.54) is 23.5 Å². The third-order valence-electron chi connectivity index (χ3n) is 4.09. The van der Waals surface area contributed by atoms with Crippen molar-refractivity contribution < 1.29 is 17.6 Å². The summed E-state index contributed by atoms with van der Waals surface area (Å²) in [7, 11) is -2.14. The summed E-state index contributed by atoms with van der Waals surface area (Å²) in [6, 6.07) is 2.30. The van der Waals surface area contributed by atoms with Crippen molar-refractivity contribution in [2.24, 2.45) is 0 Å². The lowest BCUT2D eigenvalue weighted by molar-refractivity contribution is -0.120. The Hall–Kier alpha value is -1.27. The van der Waals surface area contributed by atoms with Crippen molar-refractivity contribution in [2.75, 3.05) is 7.05 Å². The molecule has 1 aliphatic rings. The smallest absolute Gasteiger partial charge is 0.243 e. The van der Waals surface area contributed by atoms with E-state index in [0.29, 0.717) is 36.8 Å². The molecule has 0 unspecified atom stereocenters. The number of hydrogen-bond acceptors (Lipinski definition) is 3. The Morgan fingerprint density at radius 3 is 2.10 bits per heavy atom. The average Bonchev–Trinajstić information content (AvgIpc) is 2.37. The summed E-state index contributed by atoms with van der Waals surface area (Å²) >= 11 is 0. The first kappa shape index (κ1) is 16.1. The minimum Gasteiger partial charge on any atom is -0.300 e. The van der Waals surface area contributed by atoms with Crippen LogP contribution in [-0.2, 0) is 14.8 Å². The van der Waals surface area contributed by atoms with E-state index in [-0.39, 0.29) is 16.7 Å². The van der Waals surface area contributed by atoms with Crippen LogP contribution in [0.5, 0.6) is 0 Å². The highest BCUT2D eigenvalue weighted by atomic mass is 32.2. The molecule has 6 heteroatoms. The van der Waals surface area contributed by atoms with E-state index in [1.54, 1.807) is 13.8 Å². The fraction of sp³-hybridized carbons (Fsp3) is 0.533. The van der Waals surface area contributed by atoms with Gasteiger partial charge in [0.1, 0.15) is 11.6 Å². The fourth-order valence-corrected chi connectivity index (χ4v) is 4.76. The van der Waals surface area contributed by atoms with Gasteiger partial charge in [0.2, 0.25) is 10.0 Å². The number of carbonyl (C=O) groups is 1. The van der Waals surface area contributed by atoms with Crippen LogP contribution in [0, 0.1) is 19.7 Å². The number of aryl methyl sites for hydroxylation is 2. The molecule has 0 heterocycles. The average molecular weight is 313 g/mol. The molecule has 0 amide bonds. The van der Waals surface area contributed by atoms with Gasteiger partial charge < -0.3 is 0 Å². The summed E-state index contributed by atoms with van der Waals surface area (Å²) in [5, 5.41) is 0. The molecule has 1 aromatic carbocycles. The second-order valence-electron chi connectivity index (χ2n) is 5.66. The second kappa shape index (κ2) is 5.85. The molecule has 1 aliphatic carbocycles. The molecule has 21 heavy (non-hydrogen) atoms. The molecule has 0 atom stereocenters. The number of hydrogen-bond donors (Lipinski definition) is 0. The quantitative estimate of drug-likeness (QED) is 0.862. The summed E-state index contributed by atoms with van der Waals surface area (Å²) in [5.74, 6) is -0.249. The van der Waals surface area contributed by atoms with Crippen LogP contribution in [0.2, 0.25) is 0 Å². The van der Waals surface area contributed by atoms with E-state index in [1.807, 2.05) is 0 Å². The third-order valence-corrected chi connectivity index (χ3v) is 6.31. The normalized spacial score (nSPS) is 17.5. The maximum Gasteiger partial charge on any atom is 0.243 e. The maximum atomic E-state index is 13.3. The van der Waals surface area contributed by atoms with Gasteiger partial charge in [-0.1, -0.05) is 0 Å². The maximum absolute atomic E-state index is 13.3. The summed E-state index contributed by atoms with van der Waals surface area (Å²) in [6.07, 6.45) is 1.94. The van der Waals surface area contributed by atoms with Crippen molar-refractivity contribution in [2.45, 2.75) is 50.5 Å². The van der Waals surface area contributed by atoms with Crippen LogP contribution in [-0.4, -0.2) is 31.6 Å². The second-order valence-corrected chi connectivity index (χ2v) is 7.59. The Morgan fingerprint density at radius 2 is 1.62 bits per heavy atom. The highest BCUT2D eigenvalue weighted by molar-refractivity contribution is 7.89. The Bertz CT molecular complexity index is 636. The Balaban J connectivity index is 2.36. The third kappa shape index (κ3) is 3.16. The molecule has 0 spiro atoms. The van der Waals surface area contributed by atoms with Gasteiger partial charge in [0.25, 0.3) is 0 Å². The van der Waals surface area contributed by atoms with Crippen molar-refractivity contribution >= 4 is 15.8 Å². The Kier molecular flexibility index (Phi) is 4.49. The van der Waals surface area contributed by atoms with E-state index < -0.39 is 15.8 Å². The summed E-state index contributed by atoms with van der Waals surface area (Å²) in [4.78, 5) is 11.5. The minimum atomic E-state index is -3.68. The molecular weight excluding hydrogens is 293 g/mol. The van der Waals surface area contributed by atoms with Crippen LogP contribution in [0.25, 0.3) is 0 Å². The standard InChI is InChI=1S/C15H20FNO3S/c1-10-8-12(16)9-11(2)15(10)21(19,20)17(3)13-4-6-14(18)7-5-13/h8-9,13H,4-7H2,1-3H3. The summed E-state index contributed by atoms with van der Waals surface area (Å²) in [5.41, 5.74) is 0.817. The van der Waals surface area contributed by atoms with Crippen molar-refractivity contribution in [3.63, 3.8) is 0 Å². The largest absolute Gasteiger partial charge is 0.300 e. The first-order valence-corrected chi connectivity index (χ1v) is 8.44. The van der Waals surface area contributed by atoms with Gasteiger partial charge >= 0.3 is 0 Å². The van der Waals surface area contributed by atoms with Crippen LogP contribution in [0.3, 0.4) is 0 Å². The monoisotopic (exact) mass is 313 g/mol. The van der Waals surface area contributed by atoms with Crippen LogP contribution < -0.4 is 0 Å². The van der Waals surface area contributed by atoms with Gasteiger partial charge in [-0.2, -0.15) is 4.31 Å². The van der Waals surface area contributed by atoms with Gasteiger partial charge in [-0.05, 0) is 49.9 Å². The van der Waals surface area contributed by atoms with Gasteiger partial charge in [0.15, 0.2) is 0 Å². The first-order valence-electron chi connectivity index (χ1n) is 7.00. The van der Waals surface area contributed by atoms with Gasteiger partial charge in [-0.25, -0.2) is 12.8 Å². The molecule has 1 saturated carbocycles. The van der Waals surface area contributed by atoms with Crippen molar-refractivity contribution in [1.29, 1.82) is 0 Å². The molecule has 0 N–H and O–H groups in total. The molecule has 0 radical (unpaired) electrons. The summed E-state index contributed by atoms with van der Waals surface area (Å²) in [6.45, 7) is 3.20. The number of carbonyl (C=O) groups excluding carboxylic acids is 1. The van der Waals surface area contributed by atoms with Gasteiger partial charge in [-0.3, -0.25) is 4.79 Å². The van der Waals surface area contributed by atoms with E-state index in [9.17, 15) is 17.6 Å². The molecule has 0 aromatic heterocycles. The predicted octanol–water partition coefficient (Wildman–Crippen LogP) is 2.57. The fourth-order valence-electron chi connectivity index (χ4n) is 2.93. The highest BCUT2D eigenvalue weighted by Crippen LogP contribution is 2.29. The van der Waals surface area contributed by atoms with E-state index in [4.69, 9.17) is 0 Å². The molecule has 4 nitrogen and oxygen atoms in total. The molecule has 0 aliphatic heterocycles. The molecule has 1 aromatic rings. The van der Waals surface area contributed by atoms with E-state index in [2.05, 4.69) is 0 Å². The number of ketones is 1. The van der Waals surface area contributed by atoms with Crippen LogP contribution in [0.4, 0.5) is 4.39 Å². The van der Waals surface area contributed by atoms with Crippen LogP contribution in [0.1, 0.15) is 36.8 Å². The SMILES string of the molecule is Cc1cc(F)cc(C)c1S(=O)(=O)N(C)C1CCC(=O)CC1. The molecule has 0 bridgehead atoms. The number of sulfonamides is 1. The van der Waals surface area contributed by atoms with Crippen LogP contribution in [0.15, 0.2) is 17.0 Å². The lowest BCUT2D eigenvalue weighted by Crippen LogP contribution is -2.40. The minimum absolute atomic E-state index is 0.170. The molecule has 2 rings (SSSR count). The Morgan fingerprint density at radius 1 is 1.14 bits per heavy atom. The molecular formula is C15H20FNO3S. The lowest BCUT2D eigenvalue weighted by Gasteiger charge is -2.30. The zero-order valence-corrected chi connectivity index (χ0v) is 13.3.